The van der Waals surface area contributed by atoms with Crippen LogP contribution in [0.25, 0.3) is 0 Å². The average Bonchev–Trinajstić information content (AvgIpc) is 2.63. The van der Waals surface area contributed by atoms with Crippen LogP contribution in [0.5, 0.6) is 0 Å². The van der Waals surface area contributed by atoms with Crippen LogP contribution in [0.15, 0.2) is 57.9 Å². The minimum Gasteiger partial charge on any atom is -0.322 e. The lowest BCUT2D eigenvalue weighted by molar-refractivity contribution is 0.102. The molecule has 0 aliphatic carbocycles. The summed E-state index contributed by atoms with van der Waals surface area (Å²) in [6.07, 6.45) is 2.88. The van der Waals surface area contributed by atoms with Crippen LogP contribution in [0, 0.1) is 0 Å². The third kappa shape index (κ3) is 4.29. The Bertz CT molecular complexity index is 843. The van der Waals surface area contributed by atoms with E-state index in [0.29, 0.717) is 24.3 Å². The topological polar surface area (TPSA) is 66.5 Å². The third-order valence-corrected chi connectivity index (χ3v) is 6.61. The molecule has 0 saturated carbocycles. The van der Waals surface area contributed by atoms with Gasteiger partial charge in [-0.3, -0.25) is 4.79 Å². The Hall–Kier alpha value is -1.70. The van der Waals surface area contributed by atoms with Gasteiger partial charge in [-0.2, -0.15) is 4.31 Å². The summed E-state index contributed by atoms with van der Waals surface area (Å²) in [5.74, 6) is -0.237. The van der Waals surface area contributed by atoms with Crippen LogP contribution in [0.4, 0.5) is 5.69 Å². The zero-order chi connectivity index (χ0) is 17.9. The molecule has 1 aliphatic rings. The Morgan fingerprint density at radius 2 is 1.52 bits per heavy atom. The number of amides is 1. The van der Waals surface area contributed by atoms with Crippen LogP contribution >= 0.6 is 15.9 Å². The number of anilines is 1. The van der Waals surface area contributed by atoms with E-state index in [-0.39, 0.29) is 10.8 Å². The van der Waals surface area contributed by atoms with Crippen LogP contribution in [0.1, 0.15) is 29.6 Å². The van der Waals surface area contributed by atoms with E-state index >= 15 is 0 Å². The summed E-state index contributed by atoms with van der Waals surface area (Å²) in [5.41, 5.74) is 1.10. The van der Waals surface area contributed by atoms with Gasteiger partial charge in [-0.1, -0.05) is 22.4 Å². The van der Waals surface area contributed by atoms with Crippen molar-refractivity contribution in [1.82, 2.24) is 4.31 Å². The van der Waals surface area contributed by atoms with Gasteiger partial charge in [0.1, 0.15) is 0 Å². The molecule has 0 unspecified atom stereocenters. The van der Waals surface area contributed by atoms with E-state index < -0.39 is 10.0 Å². The lowest BCUT2D eigenvalue weighted by atomic mass is 10.2. The molecule has 1 aliphatic heterocycles. The molecule has 132 valence electrons. The van der Waals surface area contributed by atoms with Crippen molar-refractivity contribution in [2.45, 2.75) is 24.2 Å². The summed E-state index contributed by atoms with van der Waals surface area (Å²) in [4.78, 5) is 12.5. The zero-order valence-corrected chi connectivity index (χ0v) is 16.0. The number of carbonyl (C=O) groups is 1. The van der Waals surface area contributed by atoms with E-state index in [2.05, 4.69) is 21.2 Å². The van der Waals surface area contributed by atoms with Crippen LogP contribution in [-0.2, 0) is 10.0 Å². The second-order valence-electron chi connectivity index (χ2n) is 5.95. The van der Waals surface area contributed by atoms with E-state index in [1.165, 1.54) is 4.31 Å². The van der Waals surface area contributed by atoms with Crippen molar-refractivity contribution < 1.29 is 13.2 Å². The smallest absolute Gasteiger partial charge is 0.255 e. The van der Waals surface area contributed by atoms with Crippen molar-refractivity contribution in [2.24, 2.45) is 0 Å². The van der Waals surface area contributed by atoms with Crippen molar-refractivity contribution in [1.29, 1.82) is 0 Å². The van der Waals surface area contributed by atoms with Gasteiger partial charge >= 0.3 is 0 Å². The largest absolute Gasteiger partial charge is 0.322 e. The molecule has 1 N–H and O–H groups in total. The summed E-state index contributed by atoms with van der Waals surface area (Å²) in [6, 6.07) is 13.3. The number of nitrogens with one attached hydrogen (secondary N) is 1. The fourth-order valence-electron chi connectivity index (χ4n) is 2.77. The monoisotopic (exact) mass is 422 g/mol. The molecule has 1 saturated heterocycles. The predicted octanol–water partition coefficient (Wildman–Crippen LogP) is 3.88. The molecule has 1 heterocycles. The maximum Gasteiger partial charge on any atom is 0.255 e. The highest BCUT2D eigenvalue weighted by molar-refractivity contribution is 9.10. The molecule has 0 atom stereocenters. The molecule has 1 amide bonds. The van der Waals surface area contributed by atoms with E-state index in [0.717, 1.165) is 23.7 Å². The molecule has 7 heteroatoms. The van der Waals surface area contributed by atoms with E-state index in [1.54, 1.807) is 48.5 Å². The highest BCUT2D eigenvalue weighted by Crippen LogP contribution is 2.22. The Balaban J connectivity index is 1.71. The maximum absolute atomic E-state index is 12.6. The molecule has 0 bridgehead atoms. The van der Waals surface area contributed by atoms with Gasteiger partial charge in [0.25, 0.3) is 5.91 Å². The van der Waals surface area contributed by atoms with Crippen molar-refractivity contribution in [3.63, 3.8) is 0 Å². The van der Waals surface area contributed by atoms with Gasteiger partial charge in [-0.15, -0.1) is 0 Å². The molecule has 2 aromatic carbocycles. The van der Waals surface area contributed by atoms with Crippen LogP contribution in [-0.4, -0.2) is 31.7 Å². The van der Waals surface area contributed by atoms with Gasteiger partial charge in [-0.25, -0.2) is 8.42 Å². The van der Waals surface area contributed by atoms with Gasteiger partial charge in [0, 0.05) is 28.8 Å². The molecule has 0 spiro atoms. The molecular formula is C18H19BrN2O3S. The number of nitrogens with zero attached hydrogens (tertiary/aromatic N) is 1. The van der Waals surface area contributed by atoms with Crippen molar-refractivity contribution in [2.75, 3.05) is 18.4 Å². The quantitative estimate of drug-likeness (QED) is 0.812. The summed E-state index contributed by atoms with van der Waals surface area (Å²) >= 11 is 3.33. The molecule has 3 rings (SSSR count). The molecule has 0 aromatic heterocycles. The number of sulfonamides is 1. The van der Waals surface area contributed by atoms with Crippen molar-refractivity contribution in [3.05, 3.63) is 58.6 Å². The minimum absolute atomic E-state index is 0.237. The van der Waals surface area contributed by atoms with Crippen LogP contribution in [0.2, 0.25) is 0 Å². The number of carbonyl (C=O) groups excluding carboxylic acids is 1. The number of hydrogen-bond acceptors (Lipinski definition) is 3. The fraction of sp³-hybridized carbons (Fsp3) is 0.278. The maximum atomic E-state index is 12.6. The number of halogens is 1. The zero-order valence-electron chi connectivity index (χ0n) is 13.6. The molecule has 2 aromatic rings. The summed E-state index contributed by atoms with van der Waals surface area (Å²) in [6.45, 7) is 1.15. The second-order valence-corrected chi connectivity index (χ2v) is 8.80. The number of hydrogen-bond donors (Lipinski definition) is 1. The predicted molar refractivity (Wildman–Crippen MR) is 101 cm³/mol. The highest BCUT2D eigenvalue weighted by atomic mass is 79.9. The molecule has 25 heavy (non-hydrogen) atoms. The first kappa shape index (κ1) is 18.1. The Labute approximate surface area is 156 Å². The summed E-state index contributed by atoms with van der Waals surface area (Å²) < 4.78 is 27.6. The van der Waals surface area contributed by atoms with E-state index in [1.807, 2.05) is 0 Å². The first-order valence-electron chi connectivity index (χ1n) is 8.14. The van der Waals surface area contributed by atoms with Gasteiger partial charge < -0.3 is 5.32 Å². The Morgan fingerprint density at radius 3 is 2.12 bits per heavy atom. The van der Waals surface area contributed by atoms with Gasteiger partial charge in [0.15, 0.2) is 0 Å². The SMILES string of the molecule is O=C(Nc1ccc(S(=O)(=O)N2CCCCC2)cc1)c1ccc(Br)cc1. The minimum atomic E-state index is -3.45. The highest BCUT2D eigenvalue weighted by Gasteiger charge is 2.25. The fourth-order valence-corrected chi connectivity index (χ4v) is 4.55. The summed E-state index contributed by atoms with van der Waals surface area (Å²) in [5, 5.41) is 2.77. The van der Waals surface area contributed by atoms with Crippen LogP contribution < -0.4 is 5.32 Å². The first-order chi connectivity index (χ1) is 12.0. The standard InChI is InChI=1S/C18H19BrN2O3S/c19-15-6-4-14(5-7-15)18(22)20-16-8-10-17(11-9-16)25(23,24)21-12-2-1-3-13-21/h4-11H,1-3,12-13H2,(H,20,22). The number of rotatable bonds is 4. The Kier molecular flexibility index (Phi) is 5.56. The third-order valence-electron chi connectivity index (χ3n) is 4.17. The number of piperidine rings is 1. The Morgan fingerprint density at radius 1 is 0.920 bits per heavy atom. The van der Waals surface area contributed by atoms with Gasteiger partial charge in [0.05, 0.1) is 4.90 Å². The lowest BCUT2D eigenvalue weighted by Gasteiger charge is -2.25. The van der Waals surface area contributed by atoms with Crippen LogP contribution in [0.3, 0.4) is 0 Å². The lowest BCUT2D eigenvalue weighted by Crippen LogP contribution is -2.35. The number of benzene rings is 2. The van der Waals surface area contributed by atoms with E-state index in [4.69, 9.17) is 0 Å². The molecule has 1 fully saturated rings. The molecule has 5 nitrogen and oxygen atoms in total. The second kappa shape index (κ2) is 7.68. The normalized spacial score (nSPS) is 15.7. The summed E-state index contributed by atoms with van der Waals surface area (Å²) in [7, 11) is -3.45. The van der Waals surface area contributed by atoms with Crippen molar-refractivity contribution >= 4 is 37.5 Å². The van der Waals surface area contributed by atoms with Gasteiger partial charge in [-0.05, 0) is 61.4 Å². The first-order valence-corrected chi connectivity index (χ1v) is 10.4. The van der Waals surface area contributed by atoms with E-state index in [9.17, 15) is 13.2 Å². The molecular weight excluding hydrogens is 404 g/mol. The van der Waals surface area contributed by atoms with Gasteiger partial charge in [0.2, 0.25) is 10.0 Å². The van der Waals surface area contributed by atoms with Crippen molar-refractivity contribution in [3.8, 4) is 0 Å². The average molecular weight is 423 g/mol. The molecule has 0 radical (unpaired) electrons.